The molecule has 0 atom stereocenters. The van der Waals surface area contributed by atoms with E-state index in [1.54, 1.807) is 6.20 Å². The molecule has 0 unspecified atom stereocenters. The fourth-order valence-electron chi connectivity index (χ4n) is 2.21. The third-order valence-corrected chi connectivity index (χ3v) is 4.74. The van der Waals surface area contributed by atoms with Gasteiger partial charge in [0.25, 0.3) is 0 Å². The third-order valence-electron chi connectivity index (χ3n) is 3.50. The molecule has 0 bridgehead atoms. The molecule has 10 heteroatoms. The maximum absolute atomic E-state index is 10.7. The number of halogens is 1. The summed E-state index contributed by atoms with van der Waals surface area (Å²) in [6, 6.07) is 11.3. The number of para-hydroxylation sites is 1. The van der Waals surface area contributed by atoms with E-state index in [2.05, 4.69) is 41.2 Å². The third kappa shape index (κ3) is 6.54. The number of oxime groups is 1. The zero-order valence-corrected chi connectivity index (χ0v) is 17.9. The Labute approximate surface area is 179 Å². The number of hydrogen-bond acceptors (Lipinski definition) is 8. The number of nitrogens with one attached hydrogen (secondary N) is 1. The Balaban J connectivity index is 1.66. The second-order valence-corrected chi connectivity index (χ2v) is 7.62. The minimum atomic E-state index is -0.511. The summed E-state index contributed by atoms with van der Waals surface area (Å²) in [7, 11) is 0. The second kappa shape index (κ2) is 9.99. The van der Waals surface area contributed by atoms with Crippen molar-refractivity contribution in [2.45, 2.75) is 19.8 Å². The summed E-state index contributed by atoms with van der Waals surface area (Å²) in [6.07, 6.45) is 2.67. The second-order valence-electron chi connectivity index (χ2n) is 5.85. The first-order valence-corrected chi connectivity index (χ1v) is 10.3. The van der Waals surface area contributed by atoms with Crippen molar-refractivity contribution in [3.63, 3.8) is 0 Å². The molecule has 29 heavy (non-hydrogen) atoms. The van der Waals surface area contributed by atoms with E-state index >= 15 is 0 Å². The van der Waals surface area contributed by atoms with Crippen molar-refractivity contribution in [2.75, 3.05) is 5.32 Å². The number of anilines is 2. The van der Waals surface area contributed by atoms with E-state index in [0.717, 1.165) is 10.2 Å². The van der Waals surface area contributed by atoms with Gasteiger partial charge in [0, 0.05) is 35.5 Å². The quantitative estimate of drug-likeness (QED) is 0.211. The topological polar surface area (TPSA) is 112 Å². The average Bonchev–Trinajstić information content (AvgIpc) is 3.15. The van der Waals surface area contributed by atoms with Gasteiger partial charge in [-0.2, -0.15) is 0 Å². The fraction of sp³-hybridized carbons (Fsp3) is 0.158. The van der Waals surface area contributed by atoms with E-state index in [4.69, 9.17) is 10.5 Å². The van der Waals surface area contributed by atoms with E-state index in [-0.39, 0.29) is 5.84 Å². The molecule has 0 aliphatic carbocycles. The van der Waals surface area contributed by atoms with Crippen molar-refractivity contribution in [3.05, 3.63) is 58.1 Å². The monoisotopic (exact) mass is 475 g/mol. The number of carbonyl (C=O) groups excluding carboxylic acids is 1. The highest BCUT2D eigenvalue weighted by Crippen LogP contribution is 2.33. The van der Waals surface area contributed by atoms with Crippen LogP contribution in [0.3, 0.4) is 0 Å². The van der Waals surface area contributed by atoms with Gasteiger partial charge in [0.15, 0.2) is 16.7 Å². The number of hydrogen-bond donors (Lipinski definition) is 2. The zero-order valence-electron chi connectivity index (χ0n) is 15.5. The number of nitrogens with two attached hydrogens (primary N) is 1. The Morgan fingerprint density at radius 2 is 2.14 bits per heavy atom. The van der Waals surface area contributed by atoms with E-state index in [0.29, 0.717) is 35.3 Å². The number of pyridine rings is 1. The number of rotatable bonds is 8. The van der Waals surface area contributed by atoms with E-state index < -0.39 is 5.97 Å². The van der Waals surface area contributed by atoms with Crippen LogP contribution in [0.25, 0.3) is 0 Å². The molecule has 0 saturated heterocycles. The summed E-state index contributed by atoms with van der Waals surface area (Å²) in [5, 5.41) is 9.32. The van der Waals surface area contributed by atoms with Crippen LogP contribution in [0.4, 0.5) is 10.9 Å². The van der Waals surface area contributed by atoms with Crippen molar-refractivity contribution in [1.29, 1.82) is 0 Å². The maximum atomic E-state index is 10.7. The molecule has 8 nitrogen and oxygen atoms in total. The predicted molar refractivity (Wildman–Crippen MR) is 116 cm³/mol. The first-order chi connectivity index (χ1) is 14.0. The molecule has 0 radical (unpaired) electrons. The molecule has 3 aromatic rings. The van der Waals surface area contributed by atoms with Crippen molar-refractivity contribution in [3.8, 4) is 11.5 Å². The van der Waals surface area contributed by atoms with Crippen LogP contribution in [0.2, 0.25) is 0 Å². The SMILES string of the molecule is CC(=O)O/N=C(\N)CCc1csc(Nc2ncc(Br)cc2Oc2ccccc2)n1. The molecule has 0 saturated carbocycles. The normalized spacial score (nSPS) is 11.2. The highest BCUT2D eigenvalue weighted by atomic mass is 79.9. The van der Waals surface area contributed by atoms with Gasteiger partial charge in [-0.05, 0) is 34.5 Å². The summed E-state index contributed by atoms with van der Waals surface area (Å²) < 4.78 is 6.74. The smallest absolute Gasteiger partial charge is 0.332 e. The van der Waals surface area contributed by atoms with E-state index in [1.165, 1.54) is 18.3 Å². The van der Waals surface area contributed by atoms with Crippen molar-refractivity contribution in [2.24, 2.45) is 10.9 Å². The lowest BCUT2D eigenvalue weighted by atomic mass is 10.2. The first-order valence-electron chi connectivity index (χ1n) is 8.59. The number of carbonyl (C=O) groups is 1. The lowest BCUT2D eigenvalue weighted by molar-refractivity contribution is -0.140. The molecule has 0 amide bonds. The van der Waals surface area contributed by atoms with E-state index in [1.807, 2.05) is 41.8 Å². The Hall–Kier alpha value is -2.98. The van der Waals surface area contributed by atoms with Crippen LogP contribution < -0.4 is 15.8 Å². The summed E-state index contributed by atoms with van der Waals surface area (Å²) in [5.41, 5.74) is 6.54. The summed E-state index contributed by atoms with van der Waals surface area (Å²) in [6.45, 7) is 1.26. The Bertz CT molecular complexity index is 1010. The Morgan fingerprint density at radius 3 is 2.90 bits per heavy atom. The van der Waals surface area contributed by atoms with Crippen molar-refractivity contribution >= 4 is 50.0 Å². The van der Waals surface area contributed by atoms with Gasteiger partial charge >= 0.3 is 5.97 Å². The molecular formula is C19H18BrN5O3S. The zero-order chi connectivity index (χ0) is 20.6. The number of thiazole rings is 1. The first kappa shape index (κ1) is 20.7. The molecule has 150 valence electrons. The standard InChI is InChI=1S/C19H18BrN5O3S/c1-12(26)28-25-17(21)8-7-14-11-29-19(23-14)24-18-16(9-13(20)10-22-18)27-15-5-3-2-4-6-15/h2-6,9-11H,7-8H2,1H3,(H2,21,25)(H,22,23,24). The van der Waals surface area contributed by atoms with Gasteiger partial charge in [0.05, 0.1) is 5.69 Å². The number of aromatic nitrogens is 2. The van der Waals surface area contributed by atoms with Crippen molar-refractivity contribution in [1.82, 2.24) is 9.97 Å². The number of aryl methyl sites for hydroxylation is 1. The van der Waals surface area contributed by atoms with Gasteiger partial charge in [0.1, 0.15) is 11.6 Å². The van der Waals surface area contributed by atoms with Gasteiger partial charge in [-0.25, -0.2) is 14.8 Å². The Kier molecular flexibility index (Phi) is 7.14. The van der Waals surface area contributed by atoms with Crippen LogP contribution in [-0.4, -0.2) is 21.8 Å². The lowest BCUT2D eigenvalue weighted by Gasteiger charge is -2.11. The molecule has 2 heterocycles. The van der Waals surface area contributed by atoms with Gasteiger partial charge in [-0.3, -0.25) is 0 Å². The Morgan fingerprint density at radius 1 is 1.34 bits per heavy atom. The van der Waals surface area contributed by atoms with Gasteiger partial charge in [-0.15, -0.1) is 11.3 Å². The van der Waals surface area contributed by atoms with E-state index in [9.17, 15) is 4.79 Å². The minimum absolute atomic E-state index is 0.232. The number of amidine groups is 1. The summed E-state index contributed by atoms with van der Waals surface area (Å²) >= 11 is 4.86. The summed E-state index contributed by atoms with van der Waals surface area (Å²) in [5.74, 6) is 1.55. The highest BCUT2D eigenvalue weighted by Gasteiger charge is 2.11. The van der Waals surface area contributed by atoms with Crippen molar-refractivity contribution < 1.29 is 14.4 Å². The molecule has 0 fully saturated rings. The van der Waals surface area contributed by atoms with Crippen LogP contribution in [0.15, 0.2) is 57.6 Å². The minimum Gasteiger partial charge on any atom is -0.453 e. The molecule has 3 N–H and O–H groups in total. The van der Waals surface area contributed by atoms with Crippen LogP contribution in [0.1, 0.15) is 19.0 Å². The largest absolute Gasteiger partial charge is 0.453 e. The highest BCUT2D eigenvalue weighted by molar-refractivity contribution is 9.10. The fourth-order valence-corrected chi connectivity index (χ4v) is 3.27. The molecular weight excluding hydrogens is 458 g/mol. The van der Waals surface area contributed by atoms with Crippen LogP contribution >= 0.6 is 27.3 Å². The van der Waals surface area contributed by atoms with Crippen LogP contribution in [-0.2, 0) is 16.1 Å². The van der Waals surface area contributed by atoms with Crippen LogP contribution in [0, 0.1) is 0 Å². The predicted octanol–water partition coefficient (Wildman–Crippen LogP) is 4.60. The molecule has 2 aromatic heterocycles. The number of nitrogens with zero attached hydrogens (tertiary/aromatic N) is 3. The van der Waals surface area contributed by atoms with Gasteiger partial charge in [0.2, 0.25) is 0 Å². The molecule has 0 aliphatic rings. The van der Waals surface area contributed by atoms with Gasteiger partial charge < -0.3 is 20.6 Å². The maximum Gasteiger partial charge on any atom is 0.332 e. The summed E-state index contributed by atoms with van der Waals surface area (Å²) in [4.78, 5) is 24.2. The number of benzene rings is 1. The van der Waals surface area contributed by atoms with Crippen LogP contribution in [0.5, 0.6) is 11.5 Å². The molecule has 0 spiro atoms. The molecule has 0 aliphatic heterocycles. The van der Waals surface area contributed by atoms with Gasteiger partial charge in [-0.1, -0.05) is 23.4 Å². The average molecular weight is 476 g/mol. The number of ether oxygens (including phenoxy) is 1. The molecule has 1 aromatic carbocycles. The molecule has 3 rings (SSSR count). The lowest BCUT2D eigenvalue weighted by Crippen LogP contribution is -2.14.